The molecule has 0 aliphatic rings. The summed E-state index contributed by atoms with van der Waals surface area (Å²) >= 11 is 5.66. The van der Waals surface area contributed by atoms with Gasteiger partial charge in [0, 0.05) is 17.9 Å². The molecular formula is C9H7ClN4. The van der Waals surface area contributed by atoms with Gasteiger partial charge in [0.15, 0.2) is 0 Å². The smallest absolute Gasteiger partial charge is 0.130 e. The highest BCUT2D eigenvalue weighted by Gasteiger charge is 1.88. The molecule has 0 bridgehead atoms. The lowest BCUT2D eigenvalue weighted by Gasteiger charge is -1.89. The summed E-state index contributed by atoms with van der Waals surface area (Å²) < 4.78 is 0. The largest absolute Gasteiger partial charge is 0.228 e. The molecule has 5 heteroatoms. The third-order valence-electron chi connectivity index (χ3n) is 1.33. The molecule has 14 heavy (non-hydrogen) atoms. The van der Waals surface area contributed by atoms with E-state index in [1.165, 1.54) is 0 Å². The second kappa shape index (κ2) is 5.87. The lowest BCUT2D eigenvalue weighted by Crippen LogP contribution is -1.81. The van der Waals surface area contributed by atoms with Crippen molar-refractivity contribution in [3.05, 3.63) is 39.5 Å². The van der Waals surface area contributed by atoms with E-state index in [2.05, 4.69) is 26.9 Å². The Morgan fingerprint density at radius 3 is 3.14 bits per heavy atom. The molecule has 0 amide bonds. The van der Waals surface area contributed by atoms with E-state index in [1.54, 1.807) is 18.2 Å². The van der Waals surface area contributed by atoms with E-state index in [9.17, 15) is 0 Å². The highest BCUT2D eigenvalue weighted by atomic mass is 35.5. The van der Waals surface area contributed by atoms with Gasteiger partial charge in [0.1, 0.15) is 10.8 Å². The molecule has 0 radical (unpaired) electrons. The van der Waals surface area contributed by atoms with Gasteiger partial charge < -0.3 is 0 Å². The van der Waals surface area contributed by atoms with Crippen molar-refractivity contribution >= 4 is 11.6 Å². The zero-order valence-corrected chi connectivity index (χ0v) is 8.07. The van der Waals surface area contributed by atoms with Crippen LogP contribution in [0, 0.1) is 11.8 Å². The maximum atomic E-state index is 8.00. The van der Waals surface area contributed by atoms with Crippen molar-refractivity contribution in [1.82, 2.24) is 4.98 Å². The van der Waals surface area contributed by atoms with Gasteiger partial charge in [-0.2, -0.15) is 0 Å². The predicted molar refractivity (Wildman–Crippen MR) is 54.8 cm³/mol. The van der Waals surface area contributed by atoms with E-state index in [-0.39, 0.29) is 0 Å². The van der Waals surface area contributed by atoms with E-state index in [0.717, 1.165) is 0 Å². The number of hydrogen-bond acceptors (Lipinski definition) is 2. The highest BCUT2D eigenvalue weighted by molar-refractivity contribution is 6.29. The summed E-state index contributed by atoms with van der Waals surface area (Å²) in [6.07, 6.45) is 0.526. The van der Waals surface area contributed by atoms with Crippen LogP contribution in [0.1, 0.15) is 12.1 Å². The number of aromatic nitrogens is 1. The lowest BCUT2D eigenvalue weighted by atomic mass is 10.3. The Hall–Kier alpha value is -1.69. The van der Waals surface area contributed by atoms with Crippen LogP contribution < -0.4 is 0 Å². The Morgan fingerprint density at radius 1 is 1.57 bits per heavy atom. The fraction of sp³-hybridized carbons (Fsp3) is 0.222. The molecule has 1 aromatic rings. The van der Waals surface area contributed by atoms with Crippen LogP contribution in [0.3, 0.4) is 0 Å². The summed E-state index contributed by atoms with van der Waals surface area (Å²) in [5, 5.41) is 3.78. The quantitative estimate of drug-likeness (QED) is 0.183. The molecule has 0 saturated heterocycles. The first-order valence-corrected chi connectivity index (χ1v) is 4.33. The van der Waals surface area contributed by atoms with Gasteiger partial charge in [0.25, 0.3) is 0 Å². The van der Waals surface area contributed by atoms with Crippen LogP contribution in [0.2, 0.25) is 5.15 Å². The van der Waals surface area contributed by atoms with Gasteiger partial charge in [-0.25, -0.2) is 4.98 Å². The summed E-state index contributed by atoms with van der Waals surface area (Å²) in [6.45, 7) is 0.379. The van der Waals surface area contributed by atoms with Crippen LogP contribution in [-0.4, -0.2) is 11.5 Å². The molecule has 0 aliphatic carbocycles. The summed E-state index contributed by atoms with van der Waals surface area (Å²) in [7, 11) is 0. The van der Waals surface area contributed by atoms with Crippen molar-refractivity contribution in [3.8, 4) is 11.8 Å². The minimum atomic E-state index is 0.379. The summed E-state index contributed by atoms with van der Waals surface area (Å²) in [5.74, 6) is 5.64. The van der Waals surface area contributed by atoms with Crippen LogP contribution >= 0.6 is 11.6 Å². The first-order valence-electron chi connectivity index (χ1n) is 3.95. The molecule has 70 valence electrons. The Morgan fingerprint density at radius 2 is 2.43 bits per heavy atom. The monoisotopic (exact) mass is 206 g/mol. The molecule has 0 atom stereocenters. The fourth-order valence-electron chi connectivity index (χ4n) is 0.782. The molecular weight excluding hydrogens is 200 g/mol. The van der Waals surface area contributed by atoms with Gasteiger partial charge in [0.05, 0.1) is 0 Å². The normalized spacial score (nSPS) is 8.36. The topological polar surface area (TPSA) is 61.7 Å². The Balaban J connectivity index is 2.54. The third kappa shape index (κ3) is 3.81. The second-order valence-electron chi connectivity index (χ2n) is 2.35. The number of rotatable bonds is 2. The Bertz CT molecular complexity index is 412. The van der Waals surface area contributed by atoms with E-state index in [0.29, 0.717) is 23.8 Å². The zero-order chi connectivity index (χ0) is 10.2. The van der Waals surface area contributed by atoms with Crippen LogP contribution in [0.15, 0.2) is 23.3 Å². The van der Waals surface area contributed by atoms with Gasteiger partial charge in [-0.15, -0.1) is 0 Å². The third-order valence-corrected chi connectivity index (χ3v) is 1.54. The van der Waals surface area contributed by atoms with E-state index < -0.39 is 0 Å². The van der Waals surface area contributed by atoms with Crippen molar-refractivity contribution < 1.29 is 0 Å². The second-order valence-corrected chi connectivity index (χ2v) is 2.74. The van der Waals surface area contributed by atoms with Crippen LogP contribution in [0.4, 0.5) is 0 Å². The number of hydrogen-bond donors (Lipinski definition) is 0. The van der Waals surface area contributed by atoms with E-state index >= 15 is 0 Å². The maximum Gasteiger partial charge on any atom is 0.130 e. The van der Waals surface area contributed by atoms with Gasteiger partial charge in [-0.05, 0) is 23.6 Å². The Labute approximate surface area is 86.5 Å². The average Bonchev–Trinajstić information content (AvgIpc) is 2.18. The molecule has 0 fully saturated rings. The summed E-state index contributed by atoms with van der Waals surface area (Å²) in [4.78, 5) is 6.59. The number of pyridine rings is 1. The molecule has 0 aromatic carbocycles. The van der Waals surface area contributed by atoms with Crippen LogP contribution in [0.5, 0.6) is 0 Å². The SMILES string of the molecule is [N-]=[N+]=NCCC#Cc1cccc(Cl)n1. The molecule has 0 saturated carbocycles. The molecule has 0 N–H and O–H groups in total. The molecule has 1 rings (SSSR count). The summed E-state index contributed by atoms with van der Waals surface area (Å²) in [5.41, 5.74) is 8.62. The van der Waals surface area contributed by atoms with Gasteiger partial charge in [-0.3, -0.25) is 0 Å². The molecule has 0 unspecified atom stereocenters. The van der Waals surface area contributed by atoms with Crippen molar-refractivity contribution in [2.24, 2.45) is 5.11 Å². The van der Waals surface area contributed by atoms with Crippen LogP contribution in [0.25, 0.3) is 10.4 Å². The van der Waals surface area contributed by atoms with E-state index in [4.69, 9.17) is 17.1 Å². The van der Waals surface area contributed by atoms with Crippen molar-refractivity contribution in [2.75, 3.05) is 6.54 Å². The van der Waals surface area contributed by atoms with Crippen molar-refractivity contribution in [2.45, 2.75) is 6.42 Å². The highest BCUT2D eigenvalue weighted by Crippen LogP contribution is 2.03. The molecule has 4 nitrogen and oxygen atoms in total. The first-order chi connectivity index (χ1) is 6.83. The van der Waals surface area contributed by atoms with Gasteiger partial charge >= 0.3 is 0 Å². The number of halogens is 1. The minimum absolute atomic E-state index is 0.379. The number of nitrogens with zero attached hydrogens (tertiary/aromatic N) is 4. The molecule has 0 aliphatic heterocycles. The first kappa shape index (κ1) is 10.4. The van der Waals surface area contributed by atoms with Crippen molar-refractivity contribution in [1.29, 1.82) is 0 Å². The summed E-state index contributed by atoms with van der Waals surface area (Å²) in [6, 6.07) is 5.24. The predicted octanol–water partition coefficient (Wildman–Crippen LogP) is 2.79. The fourth-order valence-corrected chi connectivity index (χ4v) is 0.945. The lowest BCUT2D eigenvalue weighted by molar-refractivity contribution is 1.01. The standard InChI is InChI=1S/C9H7ClN4/c10-9-6-3-5-8(13-9)4-1-2-7-12-14-11/h3,5-6H,2,7H2. The van der Waals surface area contributed by atoms with Gasteiger partial charge in [-0.1, -0.05) is 28.7 Å². The number of azide groups is 1. The van der Waals surface area contributed by atoms with Gasteiger partial charge in [0.2, 0.25) is 0 Å². The molecule has 1 aromatic heterocycles. The molecule has 0 spiro atoms. The average molecular weight is 207 g/mol. The van der Waals surface area contributed by atoms with Crippen molar-refractivity contribution in [3.63, 3.8) is 0 Å². The Kier molecular flexibility index (Phi) is 4.36. The van der Waals surface area contributed by atoms with E-state index in [1.807, 2.05) is 0 Å². The maximum absolute atomic E-state index is 8.00. The van der Waals surface area contributed by atoms with Crippen LogP contribution in [-0.2, 0) is 0 Å². The minimum Gasteiger partial charge on any atom is -0.228 e. The zero-order valence-electron chi connectivity index (χ0n) is 7.31. The molecule has 1 heterocycles.